The molecule has 0 aliphatic carbocycles. The Hall–Kier alpha value is -1.91. The van der Waals surface area contributed by atoms with Crippen LogP contribution in [-0.2, 0) is 19.5 Å². The number of unbranched alkanes of at least 4 members (excludes halogenated alkanes) is 1. The summed E-state index contributed by atoms with van der Waals surface area (Å²) in [4.78, 5) is 16.5. The zero-order valence-electron chi connectivity index (χ0n) is 17.0. The van der Waals surface area contributed by atoms with Crippen LogP contribution in [0.15, 0.2) is 34.3 Å². The number of aryl methyl sites for hydroxylation is 2. The minimum Gasteiger partial charge on any atom is -0.357 e. The van der Waals surface area contributed by atoms with Gasteiger partial charge in [0.2, 0.25) is 0 Å². The zero-order chi connectivity index (χ0) is 19.5. The highest BCUT2D eigenvalue weighted by atomic mass is 127. The third-order valence-electron chi connectivity index (χ3n) is 4.33. The average molecular weight is 501 g/mol. The Bertz CT molecular complexity index is 785. The zero-order valence-corrected chi connectivity index (χ0v) is 19.3. The summed E-state index contributed by atoms with van der Waals surface area (Å²) in [5.41, 5.74) is 1.07. The molecule has 0 amide bonds. The molecular formula is C19H32IN7O. The van der Waals surface area contributed by atoms with Crippen LogP contribution in [0, 0.1) is 6.92 Å². The Balaban J connectivity index is 0.00000392. The summed E-state index contributed by atoms with van der Waals surface area (Å²) in [6, 6.07) is 5.38. The lowest BCUT2D eigenvalue weighted by atomic mass is 10.3. The largest absolute Gasteiger partial charge is 0.357 e. The summed E-state index contributed by atoms with van der Waals surface area (Å²) in [7, 11) is 0. The molecule has 8 nitrogen and oxygen atoms in total. The van der Waals surface area contributed by atoms with Crippen molar-refractivity contribution in [2.45, 2.75) is 53.1 Å². The van der Waals surface area contributed by atoms with E-state index in [9.17, 15) is 4.79 Å². The number of nitrogens with zero attached hydrogens (tertiary/aromatic N) is 5. The summed E-state index contributed by atoms with van der Waals surface area (Å²) >= 11 is 0. The number of hydrogen-bond acceptors (Lipinski definition) is 4. The maximum Gasteiger partial charge on any atom is 0.250 e. The second-order valence-electron chi connectivity index (χ2n) is 6.35. The van der Waals surface area contributed by atoms with E-state index in [1.807, 2.05) is 17.6 Å². The van der Waals surface area contributed by atoms with Crippen LogP contribution in [0.1, 0.15) is 38.2 Å². The third kappa shape index (κ3) is 7.61. The van der Waals surface area contributed by atoms with Crippen LogP contribution in [0.4, 0.5) is 0 Å². The summed E-state index contributed by atoms with van der Waals surface area (Å²) < 4.78 is 3.87. The summed E-state index contributed by atoms with van der Waals surface area (Å²) in [6.07, 6.45) is 4.49. The van der Waals surface area contributed by atoms with Gasteiger partial charge in [-0.3, -0.25) is 9.79 Å². The van der Waals surface area contributed by atoms with Crippen molar-refractivity contribution < 1.29 is 0 Å². The fourth-order valence-corrected chi connectivity index (χ4v) is 2.86. The number of aromatic nitrogens is 4. The van der Waals surface area contributed by atoms with E-state index in [4.69, 9.17) is 0 Å². The van der Waals surface area contributed by atoms with Gasteiger partial charge in [-0.15, -0.1) is 34.2 Å². The first-order chi connectivity index (χ1) is 13.2. The molecule has 0 bridgehead atoms. The van der Waals surface area contributed by atoms with E-state index in [0.717, 1.165) is 69.5 Å². The second-order valence-corrected chi connectivity index (χ2v) is 6.35. The highest BCUT2D eigenvalue weighted by Gasteiger charge is 2.02. The van der Waals surface area contributed by atoms with Crippen LogP contribution in [0.3, 0.4) is 0 Å². The number of rotatable bonds is 10. The van der Waals surface area contributed by atoms with Crippen molar-refractivity contribution in [1.29, 1.82) is 0 Å². The molecule has 2 aromatic heterocycles. The molecule has 0 saturated heterocycles. The molecule has 2 N–H and O–H groups in total. The molecule has 2 heterocycles. The summed E-state index contributed by atoms with van der Waals surface area (Å²) in [5.74, 6) is 1.81. The van der Waals surface area contributed by atoms with Crippen molar-refractivity contribution in [2.75, 3.05) is 19.6 Å². The monoisotopic (exact) mass is 501 g/mol. The van der Waals surface area contributed by atoms with Crippen molar-refractivity contribution in [3.05, 3.63) is 46.4 Å². The predicted molar refractivity (Wildman–Crippen MR) is 123 cm³/mol. The van der Waals surface area contributed by atoms with Gasteiger partial charge in [-0.25, -0.2) is 0 Å². The molecule has 0 saturated carbocycles. The van der Waals surface area contributed by atoms with E-state index in [0.29, 0.717) is 0 Å². The van der Waals surface area contributed by atoms with Gasteiger partial charge in [-0.1, -0.05) is 13.0 Å². The number of halogens is 1. The maximum atomic E-state index is 11.9. The highest BCUT2D eigenvalue weighted by molar-refractivity contribution is 14.0. The lowest BCUT2D eigenvalue weighted by Gasteiger charge is -2.12. The van der Waals surface area contributed by atoms with Crippen molar-refractivity contribution >= 4 is 29.9 Å². The number of guanidine groups is 1. The first-order valence-electron chi connectivity index (χ1n) is 9.71. The van der Waals surface area contributed by atoms with Gasteiger partial charge in [-0.2, -0.15) is 0 Å². The molecular weight excluding hydrogens is 469 g/mol. The van der Waals surface area contributed by atoms with Crippen LogP contribution in [0.5, 0.6) is 0 Å². The normalized spacial score (nSPS) is 11.2. The lowest BCUT2D eigenvalue weighted by Crippen LogP contribution is -2.39. The summed E-state index contributed by atoms with van der Waals surface area (Å²) in [6.45, 7) is 9.93. The molecule has 0 aliphatic rings. The second kappa shape index (κ2) is 13.3. The Morgan fingerprint density at radius 2 is 2.00 bits per heavy atom. The average Bonchev–Trinajstić information content (AvgIpc) is 3.11. The van der Waals surface area contributed by atoms with E-state index >= 15 is 0 Å². The molecule has 0 aromatic carbocycles. The Morgan fingerprint density at radius 1 is 1.18 bits per heavy atom. The standard InChI is InChI=1S/C19H31N7O.HI/c1-4-17-24-23-15-25(17)14-12-22-19(20-5-2)21-11-6-7-13-26-16(3)9-8-10-18(26)27;/h8-10,15H,4-7,11-14H2,1-3H3,(H2,20,21,22);1H. The molecule has 2 rings (SSSR count). The van der Waals surface area contributed by atoms with Crippen LogP contribution in [0.2, 0.25) is 0 Å². The molecule has 9 heteroatoms. The highest BCUT2D eigenvalue weighted by Crippen LogP contribution is 1.99. The van der Waals surface area contributed by atoms with Crippen LogP contribution in [0.25, 0.3) is 0 Å². The topological polar surface area (TPSA) is 89.1 Å². The molecule has 0 unspecified atom stereocenters. The van der Waals surface area contributed by atoms with Gasteiger partial charge in [0, 0.05) is 50.9 Å². The number of pyridine rings is 1. The SMILES string of the molecule is CCNC(=NCCCCn1c(C)cccc1=O)NCCn1cnnc1CC.I. The Kier molecular flexibility index (Phi) is 11.5. The fraction of sp³-hybridized carbons (Fsp3) is 0.579. The third-order valence-corrected chi connectivity index (χ3v) is 4.33. The van der Waals surface area contributed by atoms with Crippen molar-refractivity contribution in [3.63, 3.8) is 0 Å². The minimum absolute atomic E-state index is 0. The van der Waals surface area contributed by atoms with Crippen molar-refractivity contribution in [2.24, 2.45) is 4.99 Å². The fourth-order valence-electron chi connectivity index (χ4n) is 2.86. The van der Waals surface area contributed by atoms with Crippen LogP contribution in [-0.4, -0.2) is 44.9 Å². The van der Waals surface area contributed by atoms with Gasteiger partial charge < -0.3 is 19.8 Å². The van der Waals surface area contributed by atoms with Gasteiger partial charge in [0.15, 0.2) is 5.96 Å². The van der Waals surface area contributed by atoms with E-state index in [-0.39, 0.29) is 29.5 Å². The van der Waals surface area contributed by atoms with Crippen molar-refractivity contribution in [1.82, 2.24) is 30.0 Å². The molecule has 0 fully saturated rings. The predicted octanol–water partition coefficient (Wildman–Crippen LogP) is 1.96. The molecule has 2 aromatic rings. The molecule has 0 atom stereocenters. The molecule has 156 valence electrons. The lowest BCUT2D eigenvalue weighted by molar-refractivity contribution is 0.584. The van der Waals surface area contributed by atoms with Crippen LogP contribution < -0.4 is 16.2 Å². The van der Waals surface area contributed by atoms with Gasteiger partial charge in [0.05, 0.1) is 0 Å². The molecule has 0 aliphatic heterocycles. The molecule has 28 heavy (non-hydrogen) atoms. The number of hydrogen-bond donors (Lipinski definition) is 2. The van der Waals surface area contributed by atoms with Crippen LogP contribution >= 0.6 is 24.0 Å². The molecule has 0 spiro atoms. The van der Waals surface area contributed by atoms with Crippen molar-refractivity contribution in [3.8, 4) is 0 Å². The van der Waals surface area contributed by atoms with E-state index in [2.05, 4.69) is 44.2 Å². The first-order valence-corrected chi connectivity index (χ1v) is 9.71. The minimum atomic E-state index is 0. The number of nitrogens with one attached hydrogen (secondary N) is 2. The van der Waals surface area contributed by atoms with Gasteiger partial charge in [-0.05, 0) is 32.8 Å². The first kappa shape index (κ1) is 24.1. The number of aliphatic imine (C=N–C) groups is 1. The van der Waals surface area contributed by atoms with E-state index < -0.39 is 0 Å². The smallest absolute Gasteiger partial charge is 0.250 e. The van der Waals surface area contributed by atoms with Gasteiger partial charge in [0.25, 0.3) is 5.56 Å². The molecule has 0 radical (unpaired) electrons. The van der Waals surface area contributed by atoms with Gasteiger partial charge in [0.1, 0.15) is 12.2 Å². The van der Waals surface area contributed by atoms with E-state index in [1.54, 1.807) is 18.5 Å². The Morgan fingerprint density at radius 3 is 2.71 bits per heavy atom. The maximum absolute atomic E-state index is 11.9. The Labute approximate surface area is 183 Å². The quantitative estimate of drug-likeness (QED) is 0.225. The van der Waals surface area contributed by atoms with Gasteiger partial charge >= 0.3 is 0 Å². The van der Waals surface area contributed by atoms with E-state index in [1.165, 1.54) is 0 Å². The summed E-state index contributed by atoms with van der Waals surface area (Å²) in [5, 5.41) is 14.6.